The first-order chi connectivity index (χ1) is 20.6. The molecule has 1 aliphatic rings. The molecule has 3 aromatic carbocycles. The summed E-state index contributed by atoms with van der Waals surface area (Å²) in [5.41, 5.74) is 2.13. The van der Waals surface area contributed by atoms with E-state index in [0.717, 1.165) is 74.9 Å². The molecule has 1 fully saturated rings. The number of rotatable bonds is 12. The largest absolute Gasteiger partial charge is 0.573 e. The van der Waals surface area contributed by atoms with E-state index in [2.05, 4.69) is 25.2 Å². The molecule has 0 aromatic heterocycles. The van der Waals surface area contributed by atoms with Gasteiger partial charge in [-0.05, 0) is 80.1 Å². The lowest BCUT2D eigenvalue weighted by molar-refractivity contribution is -0.274. The standard InChI is InChI=1S/C31H35F3N4O5/c1-41-26-13-14-27(28(21-26)42-2)38-19-17-37(18-20-38)16-4-3-15-35-29(39)22-5-9-24(10-6-22)36-30(40)23-7-11-25(12-8-23)43-31(32,33)34/h5-14,21H,3-4,15-20H2,1-2H3,(H,35,39)(H,36,40). The normalized spacial score (nSPS) is 13.7. The molecule has 2 N–H and O–H groups in total. The smallest absolute Gasteiger partial charge is 0.497 e. The maximum atomic E-state index is 12.5. The summed E-state index contributed by atoms with van der Waals surface area (Å²) >= 11 is 0. The minimum Gasteiger partial charge on any atom is -0.497 e. The second-order valence-corrected chi connectivity index (χ2v) is 9.93. The zero-order valence-corrected chi connectivity index (χ0v) is 24.1. The number of nitrogens with zero attached hydrogens (tertiary/aromatic N) is 2. The van der Waals surface area contributed by atoms with Crippen LogP contribution in [0.2, 0.25) is 0 Å². The number of piperazine rings is 1. The number of ether oxygens (including phenoxy) is 3. The number of halogens is 3. The van der Waals surface area contributed by atoms with Gasteiger partial charge in [-0.15, -0.1) is 13.2 Å². The summed E-state index contributed by atoms with van der Waals surface area (Å²) in [5.74, 6) is 0.443. The van der Waals surface area contributed by atoms with Gasteiger partial charge in [0.15, 0.2) is 0 Å². The van der Waals surface area contributed by atoms with Crippen LogP contribution in [0.1, 0.15) is 33.6 Å². The molecule has 0 atom stereocenters. The minimum atomic E-state index is -4.80. The van der Waals surface area contributed by atoms with E-state index in [1.54, 1.807) is 38.5 Å². The van der Waals surface area contributed by atoms with Gasteiger partial charge in [-0.25, -0.2) is 0 Å². The molecule has 1 aliphatic heterocycles. The van der Waals surface area contributed by atoms with E-state index in [0.29, 0.717) is 17.8 Å². The molecule has 2 amide bonds. The summed E-state index contributed by atoms with van der Waals surface area (Å²) in [6.45, 7) is 5.20. The minimum absolute atomic E-state index is 0.163. The van der Waals surface area contributed by atoms with E-state index in [1.807, 2.05) is 18.2 Å². The van der Waals surface area contributed by atoms with Crippen molar-refractivity contribution < 1.29 is 37.0 Å². The number of unbranched alkanes of at least 4 members (excludes halogenated alkanes) is 1. The van der Waals surface area contributed by atoms with Gasteiger partial charge >= 0.3 is 6.36 Å². The molecule has 4 rings (SSSR count). The molecule has 0 radical (unpaired) electrons. The zero-order chi connectivity index (χ0) is 30.8. The van der Waals surface area contributed by atoms with Gasteiger partial charge in [-0.2, -0.15) is 0 Å². The average molecular weight is 601 g/mol. The number of carbonyl (C=O) groups is 2. The molecular formula is C31H35F3N4O5. The Morgan fingerprint density at radius 2 is 1.42 bits per heavy atom. The van der Waals surface area contributed by atoms with Crippen molar-refractivity contribution in [3.05, 3.63) is 77.9 Å². The van der Waals surface area contributed by atoms with Gasteiger partial charge < -0.3 is 29.7 Å². The summed E-state index contributed by atoms with van der Waals surface area (Å²) in [6.07, 6.45) is -3.00. The van der Waals surface area contributed by atoms with Crippen LogP contribution in [0, 0.1) is 0 Å². The fraction of sp³-hybridized carbons (Fsp3) is 0.355. The summed E-state index contributed by atoms with van der Waals surface area (Å²) < 4.78 is 51.6. The summed E-state index contributed by atoms with van der Waals surface area (Å²) in [4.78, 5) is 29.7. The molecule has 9 nitrogen and oxygen atoms in total. The quantitative estimate of drug-likeness (QED) is 0.277. The molecule has 0 aliphatic carbocycles. The highest BCUT2D eigenvalue weighted by Crippen LogP contribution is 2.32. The molecule has 12 heteroatoms. The molecule has 0 saturated carbocycles. The topological polar surface area (TPSA) is 92.4 Å². The van der Waals surface area contributed by atoms with Gasteiger partial charge in [0.05, 0.1) is 19.9 Å². The van der Waals surface area contributed by atoms with Gasteiger partial charge in [0, 0.05) is 55.6 Å². The third-order valence-electron chi connectivity index (χ3n) is 7.04. The maximum Gasteiger partial charge on any atom is 0.573 e. The molecule has 0 bridgehead atoms. The summed E-state index contributed by atoms with van der Waals surface area (Å²) in [5, 5.41) is 5.58. The number of hydrogen-bond donors (Lipinski definition) is 2. The lowest BCUT2D eigenvalue weighted by atomic mass is 10.1. The Bertz CT molecular complexity index is 1360. The predicted molar refractivity (Wildman–Crippen MR) is 157 cm³/mol. The summed E-state index contributed by atoms with van der Waals surface area (Å²) in [6, 6.07) is 16.9. The van der Waals surface area contributed by atoms with Crippen molar-refractivity contribution in [1.82, 2.24) is 10.2 Å². The number of amides is 2. The molecule has 1 saturated heterocycles. The molecule has 1 heterocycles. The third-order valence-corrected chi connectivity index (χ3v) is 7.04. The fourth-order valence-corrected chi connectivity index (χ4v) is 4.74. The van der Waals surface area contributed by atoms with E-state index >= 15 is 0 Å². The first kappa shape index (κ1) is 31.5. The molecule has 0 unspecified atom stereocenters. The highest BCUT2D eigenvalue weighted by atomic mass is 19.4. The van der Waals surface area contributed by atoms with Gasteiger partial charge in [0.1, 0.15) is 17.2 Å². The Morgan fingerprint density at radius 1 is 0.791 bits per heavy atom. The number of carbonyl (C=O) groups excluding carboxylic acids is 2. The van der Waals surface area contributed by atoms with Crippen LogP contribution < -0.4 is 29.7 Å². The van der Waals surface area contributed by atoms with Crippen molar-refractivity contribution in [3.63, 3.8) is 0 Å². The number of methoxy groups -OCH3 is 2. The maximum absolute atomic E-state index is 12.5. The number of nitrogens with one attached hydrogen (secondary N) is 2. The Hall–Kier alpha value is -4.45. The van der Waals surface area contributed by atoms with E-state index in [9.17, 15) is 22.8 Å². The lowest BCUT2D eigenvalue weighted by Crippen LogP contribution is -2.46. The van der Waals surface area contributed by atoms with Crippen molar-refractivity contribution in [2.24, 2.45) is 0 Å². The van der Waals surface area contributed by atoms with E-state index < -0.39 is 18.0 Å². The Kier molecular flexibility index (Phi) is 10.7. The van der Waals surface area contributed by atoms with Crippen LogP contribution in [0.4, 0.5) is 24.5 Å². The van der Waals surface area contributed by atoms with Crippen LogP contribution in [-0.2, 0) is 0 Å². The van der Waals surface area contributed by atoms with Crippen molar-refractivity contribution in [1.29, 1.82) is 0 Å². The average Bonchev–Trinajstić information content (AvgIpc) is 3.00. The number of alkyl halides is 3. The van der Waals surface area contributed by atoms with Crippen molar-refractivity contribution in [3.8, 4) is 17.2 Å². The second-order valence-electron chi connectivity index (χ2n) is 9.93. The number of benzene rings is 3. The second kappa shape index (κ2) is 14.6. The Balaban J connectivity index is 1.13. The lowest BCUT2D eigenvalue weighted by Gasteiger charge is -2.36. The van der Waals surface area contributed by atoms with Crippen LogP contribution in [0.15, 0.2) is 66.7 Å². The van der Waals surface area contributed by atoms with E-state index in [4.69, 9.17) is 9.47 Å². The SMILES string of the molecule is COc1ccc(N2CCN(CCCCNC(=O)c3ccc(NC(=O)c4ccc(OC(F)(F)F)cc4)cc3)CC2)c(OC)c1. The van der Waals surface area contributed by atoms with Crippen molar-refractivity contribution in [2.75, 3.05) is 63.7 Å². The van der Waals surface area contributed by atoms with Crippen LogP contribution in [-0.4, -0.2) is 76.6 Å². The highest BCUT2D eigenvalue weighted by Gasteiger charge is 2.31. The van der Waals surface area contributed by atoms with Gasteiger partial charge in [-0.3, -0.25) is 14.5 Å². The molecular weight excluding hydrogens is 565 g/mol. The highest BCUT2D eigenvalue weighted by molar-refractivity contribution is 6.04. The number of hydrogen-bond acceptors (Lipinski definition) is 7. The van der Waals surface area contributed by atoms with Crippen LogP contribution in [0.3, 0.4) is 0 Å². The third kappa shape index (κ3) is 9.27. The fourth-order valence-electron chi connectivity index (χ4n) is 4.74. The molecule has 3 aromatic rings. The van der Waals surface area contributed by atoms with Gasteiger partial charge in [0.2, 0.25) is 0 Å². The molecule has 230 valence electrons. The van der Waals surface area contributed by atoms with E-state index in [-0.39, 0.29) is 11.5 Å². The molecule has 0 spiro atoms. The first-order valence-corrected chi connectivity index (χ1v) is 13.9. The van der Waals surface area contributed by atoms with Gasteiger partial charge in [0.25, 0.3) is 11.8 Å². The Morgan fingerprint density at radius 3 is 2.05 bits per heavy atom. The van der Waals surface area contributed by atoms with Crippen molar-refractivity contribution in [2.45, 2.75) is 19.2 Å². The predicted octanol–water partition coefficient (Wildman–Crippen LogP) is 5.19. The van der Waals surface area contributed by atoms with Crippen LogP contribution in [0.5, 0.6) is 17.2 Å². The summed E-state index contributed by atoms with van der Waals surface area (Å²) in [7, 11) is 3.30. The first-order valence-electron chi connectivity index (χ1n) is 13.9. The van der Waals surface area contributed by atoms with Crippen LogP contribution >= 0.6 is 0 Å². The zero-order valence-electron chi connectivity index (χ0n) is 24.1. The van der Waals surface area contributed by atoms with Gasteiger partial charge in [-0.1, -0.05) is 0 Å². The van der Waals surface area contributed by atoms with Crippen LogP contribution in [0.25, 0.3) is 0 Å². The number of anilines is 2. The van der Waals surface area contributed by atoms with Crippen molar-refractivity contribution >= 4 is 23.2 Å². The Labute approximate surface area is 248 Å². The monoisotopic (exact) mass is 600 g/mol. The van der Waals surface area contributed by atoms with E-state index in [1.165, 1.54) is 12.1 Å². The molecule has 43 heavy (non-hydrogen) atoms.